The molecule has 0 aromatic heterocycles. The van der Waals surface area contributed by atoms with E-state index in [1.807, 2.05) is 12.1 Å². The van der Waals surface area contributed by atoms with Crippen molar-refractivity contribution < 1.29 is 0 Å². The van der Waals surface area contributed by atoms with E-state index in [0.717, 1.165) is 12.2 Å². The van der Waals surface area contributed by atoms with Crippen molar-refractivity contribution in [3.05, 3.63) is 29.8 Å². The molecule has 3 N–H and O–H groups in total. The van der Waals surface area contributed by atoms with Crippen LogP contribution in [0.25, 0.3) is 0 Å². The van der Waals surface area contributed by atoms with E-state index in [4.69, 9.17) is 5.73 Å². The van der Waals surface area contributed by atoms with Gasteiger partial charge >= 0.3 is 0 Å². The van der Waals surface area contributed by atoms with E-state index >= 15 is 0 Å². The lowest BCUT2D eigenvalue weighted by Crippen LogP contribution is -2.12. The molecule has 1 fully saturated rings. The van der Waals surface area contributed by atoms with Crippen molar-refractivity contribution in [2.45, 2.75) is 18.9 Å². The number of nitrogens with two attached hydrogens (primary N) is 1. The summed E-state index contributed by atoms with van der Waals surface area (Å²) < 4.78 is 0. The van der Waals surface area contributed by atoms with Crippen LogP contribution in [-0.4, -0.2) is 6.54 Å². The lowest BCUT2D eigenvalue weighted by Gasteiger charge is -2.10. The summed E-state index contributed by atoms with van der Waals surface area (Å²) in [5.74, 6) is 0. The average Bonchev–Trinajstić information content (AvgIpc) is 2.56. The number of hydrogen-bond acceptors (Lipinski definition) is 2. The Bertz CT molecular complexity index is 273. The average molecular weight is 235 g/mol. The third-order valence-corrected chi connectivity index (χ3v) is 2.37. The molecule has 0 unspecified atom stereocenters. The van der Waals surface area contributed by atoms with E-state index < -0.39 is 0 Å². The quantitative estimate of drug-likeness (QED) is 0.734. The predicted octanol–water partition coefficient (Wildman–Crippen LogP) is 2.54. The monoisotopic (exact) mass is 234 g/mol. The standard InChI is InChI=1S/C10H14N2.2ClH/c11-9-4-1-3-8(7-9)10-5-2-6-12-10;;/h1,3-4,7,10,12H,2,5-6,11H2;2*1H/t10-;;/m0../s1. The number of nitrogen functional groups attached to an aromatic ring is 1. The molecule has 1 heterocycles. The van der Waals surface area contributed by atoms with Gasteiger partial charge in [-0.15, -0.1) is 24.8 Å². The molecule has 1 saturated heterocycles. The molecule has 0 saturated carbocycles. The molecular weight excluding hydrogens is 219 g/mol. The Labute approximate surface area is 97.1 Å². The van der Waals surface area contributed by atoms with Crippen molar-refractivity contribution in [2.24, 2.45) is 0 Å². The summed E-state index contributed by atoms with van der Waals surface area (Å²) in [5.41, 5.74) is 7.89. The van der Waals surface area contributed by atoms with Gasteiger partial charge in [-0.3, -0.25) is 0 Å². The predicted molar refractivity (Wildman–Crippen MR) is 65.3 cm³/mol. The van der Waals surface area contributed by atoms with E-state index in [9.17, 15) is 0 Å². The Hall–Kier alpha value is -0.440. The van der Waals surface area contributed by atoms with Crippen LogP contribution >= 0.6 is 24.8 Å². The van der Waals surface area contributed by atoms with Gasteiger partial charge in [0.15, 0.2) is 0 Å². The minimum Gasteiger partial charge on any atom is -0.399 e. The molecule has 2 rings (SSSR count). The fraction of sp³-hybridized carbons (Fsp3) is 0.400. The van der Waals surface area contributed by atoms with Crippen LogP contribution in [0.2, 0.25) is 0 Å². The van der Waals surface area contributed by atoms with Crippen LogP contribution in [0.3, 0.4) is 0 Å². The summed E-state index contributed by atoms with van der Waals surface area (Å²) in [4.78, 5) is 0. The Balaban J connectivity index is 0.000000845. The first-order valence-electron chi connectivity index (χ1n) is 4.45. The van der Waals surface area contributed by atoms with Gasteiger partial charge in [0, 0.05) is 11.7 Å². The Morgan fingerprint density at radius 2 is 2.07 bits per heavy atom. The summed E-state index contributed by atoms with van der Waals surface area (Å²) >= 11 is 0. The van der Waals surface area contributed by atoms with Crippen LogP contribution in [0.5, 0.6) is 0 Å². The van der Waals surface area contributed by atoms with E-state index in [1.165, 1.54) is 18.4 Å². The maximum Gasteiger partial charge on any atom is 0.0321 e. The van der Waals surface area contributed by atoms with Crippen molar-refractivity contribution in [3.63, 3.8) is 0 Å². The van der Waals surface area contributed by atoms with Crippen LogP contribution in [0.15, 0.2) is 24.3 Å². The number of rotatable bonds is 1. The summed E-state index contributed by atoms with van der Waals surface area (Å²) in [6.45, 7) is 1.14. The molecule has 1 aliphatic heterocycles. The van der Waals surface area contributed by atoms with E-state index in [0.29, 0.717) is 6.04 Å². The molecule has 0 amide bonds. The largest absolute Gasteiger partial charge is 0.399 e. The van der Waals surface area contributed by atoms with Gasteiger partial charge in [0.25, 0.3) is 0 Å². The molecule has 14 heavy (non-hydrogen) atoms. The van der Waals surface area contributed by atoms with Gasteiger partial charge < -0.3 is 11.1 Å². The lowest BCUT2D eigenvalue weighted by molar-refractivity contribution is 0.648. The van der Waals surface area contributed by atoms with Crippen molar-refractivity contribution in [3.8, 4) is 0 Å². The van der Waals surface area contributed by atoms with Gasteiger partial charge in [-0.25, -0.2) is 0 Å². The van der Waals surface area contributed by atoms with Crippen molar-refractivity contribution >= 4 is 30.5 Å². The smallest absolute Gasteiger partial charge is 0.0321 e. The molecule has 0 spiro atoms. The highest BCUT2D eigenvalue weighted by Crippen LogP contribution is 2.23. The second-order valence-corrected chi connectivity index (χ2v) is 3.32. The first-order valence-corrected chi connectivity index (χ1v) is 4.45. The van der Waals surface area contributed by atoms with E-state index in [-0.39, 0.29) is 24.8 Å². The van der Waals surface area contributed by atoms with Crippen LogP contribution in [0.4, 0.5) is 5.69 Å². The zero-order valence-electron chi connectivity index (χ0n) is 7.90. The first-order chi connectivity index (χ1) is 5.86. The highest BCUT2D eigenvalue weighted by Gasteiger charge is 2.15. The molecule has 0 aliphatic carbocycles. The lowest BCUT2D eigenvalue weighted by atomic mass is 10.1. The van der Waals surface area contributed by atoms with Crippen molar-refractivity contribution in [2.75, 3.05) is 12.3 Å². The molecule has 1 atom stereocenters. The van der Waals surface area contributed by atoms with E-state index in [1.54, 1.807) is 0 Å². The number of nitrogens with one attached hydrogen (secondary N) is 1. The van der Waals surface area contributed by atoms with Crippen molar-refractivity contribution in [1.29, 1.82) is 0 Å². The maximum absolute atomic E-state index is 5.70. The second kappa shape index (κ2) is 6.12. The summed E-state index contributed by atoms with van der Waals surface area (Å²) in [6.07, 6.45) is 2.52. The van der Waals surface area contributed by atoms with Gasteiger partial charge in [0.05, 0.1) is 0 Å². The highest BCUT2D eigenvalue weighted by molar-refractivity contribution is 5.85. The summed E-state index contributed by atoms with van der Waals surface area (Å²) in [5, 5.41) is 3.44. The van der Waals surface area contributed by atoms with Crippen LogP contribution in [0.1, 0.15) is 24.4 Å². The summed E-state index contributed by atoms with van der Waals surface area (Å²) in [7, 11) is 0. The fourth-order valence-electron chi connectivity index (χ4n) is 1.74. The third kappa shape index (κ3) is 3.05. The van der Waals surface area contributed by atoms with Crippen molar-refractivity contribution in [1.82, 2.24) is 5.32 Å². The minimum atomic E-state index is 0. The fourth-order valence-corrected chi connectivity index (χ4v) is 1.74. The van der Waals surface area contributed by atoms with Gasteiger partial charge in [0.1, 0.15) is 0 Å². The topological polar surface area (TPSA) is 38.0 Å². The molecular formula is C10H16Cl2N2. The number of anilines is 1. The maximum atomic E-state index is 5.70. The highest BCUT2D eigenvalue weighted by atomic mass is 35.5. The number of halogens is 2. The zero-order chi connectivity index (χ0) is 8.39. The first kappa shape index (κ1) is 13.6. The second-order valence-electron chi connectivity index (χ2n) is 3.32. The molecule has 1 aromatic carbocycles. The molecule has 1 aromatic rings. The third-order valence-electron chi connectivity index (χ3n) is 2.37. The van der Waals surface area contributed by atoms with Gasteiger partial charge in [-0.1, -0.05) is 12.1 Å². The van der Waals surface area contributed by atoms with Gasteiger partial charge in [-0.2, -0.15) is 0 Å². The molecule has 0 bridgehead atoms. The van der Waals surface area contributed by atoms with Crippen LogP contribution in [-0.2, 0) is 0 Å². The molecule has 80 valence electrons. The zero-order valence-corrected chi connectivity index (χ0v) is 9.53. The molecule has 2 nitrogen and oxygen atoms in total. The Kier molecular flexibility index (Phi) is 5.93. The number of hydrogen-bond donors (Lipinski definition) is 2. The Morgan fingerprint density at radius 3 is 2.64 bits per heavy atom. The molecule has 1 aliphatic rings. The minimum absolute atomic E-state index is 0. The van der Waals surface area contributed by atoms with Crippen LogP contribution in [0, 0.1) is 0 Å². The summed E-state index contributed by atoms with van der Waals surface area (Å²) in [6, 6.07) is 8.68. The van der Waals surface area contributed by atoms with E-state index in [2.05, 4.69) is 17.4 Å². The molecule has 4 heteroatoms. The van der Waals surface area contributed by atoms with Gasteiger partial charge in [-0.05, 0) is 37.1 Å². The van der Waals surface area contributed by atoms with Gasteiger partial charge in [0.2, 0.25) is 0 Å². The van der Waals surface area contributed by atoms with Crippen LogP contribution < -0.4 is 11.1 Å². The Morgan fingerprint density at radius 1 is 1.29 bits per heavy atom. The number of benzene rings is 1. The SMILES string of the molecule is Cl.Cl.Nc1cccc([C@@H]2CCCN2)c1. The normalized spacial score (nSPS) is 19.6. The molecule has 0 radical (unpaired) electrons.